The molecule has 12 unspecified atom stereocenters. The molecule has 0 aromatic carbocycles. The molecule has 53 heavy (non-hydrogen) atoms. The predicted molar refractivity (Wildman–Crippen MR) is 254 cm³/mol. The quantitative estimate of drug-likeness (QED) is 0.0267. The van der Waals surface area contributed by atoms with E-state index >= 15 is 0 Å². The first-order chi connectivity index (χ1) is 25.1. The van der Waals surface area contributed by atoms with Crippen molar-refractivity contribution in [3.05, 3.63) is 0 Å². The summed E-state index contributed by atoms with van der Waals surface area (Å²) in [7, 11) is 0. The molecule has 0 amide bonds. The largest absolute Gasteiger partial charge is 0.355 e. The van der Waals surface area contributed by atoms with E-state index in [4.69, 9.17) is 14.2 Å². The molecule has 0 aromatic heterocycles. The van der Waals surface area contributed by atoms with Gasteiger partial charge in [-0.2, -0.15) is 0 Å². The lowest BCUT2D eigenvalue weighted by Crippen LogP contribution is -2.13. The van der Waals surface area contributed by atoms with Gasteiger partial charge in [0.1, 0.15) is 13.6 Å². The molecule has 0 radical (unpaired) electrons. The summed E-state index contributed by atoms with van der Waals surface area (Å²) >= 11 is 5.03. The maximum Gasteiger partial charge on any atom is 0.149 e. The Hall–Kier alpha value is 1.34. The maximum atomic E-state index is 5.76. The van der Waals surface area contributed by atoms with Crippen molar-refractivity contribution < 1.29 is 14.2 Å². The minimum atomic E-state index is 0.345. The summed E-state index contributed by atoms with van der Waals surface area (Å²) in [5, 5.41) is 0. The summed E-state index contributed by atoms with van der Waals surface area (Å²) in [5.74, 6) is 9.99. The van der Waals surface area contributed by atoms with Gasteiger partial charge in [-0.1, -0.05) is 128 Å². The van der Waals surface area contributed by atoms with E-state index in [1.807, 2.05) is 0 Å². The summed E-state index contributed by atoms with van der Waals surface area (Å²) < 4.78 is 19.7. The van der Waals surface area contributed by atoms with Gasteiger partial charge in [0.15, 0.2) is 0 Å². The fourth-order valence-corrected chi connectivity index (χ4v) is 11.2. The predicted octanol–water partition coefficient (Wildman–Crippen LogP) is 16.5. The molecule has 5 heteroatoms. The lowest BCUT2D eigenvalue weighted by atomic mass is 9.81. The van der Waals surface area contributed by atoms with Gasteiger partial charge in [0.25, 0.3) is 0 Å². The van der Waals surface area contributed by atoms with Crippen LogP contribution in [0.25, 0.3) is 0 Å². The van der Waals surface area contributed by atoms with Crippen molar-refractivity contribution in [2.45, 2.75) is 199 Å². The molecular formula is C48H96I2O3. The number of rotatable bonds is 38. The van der Waals surface area contributed by atoms with E-state index in [1.54, 1.807) is 0 Å². The van der Waals surface area contributed by atoms with Crippen molar-refractivity contribution in [3.63, 3.8) is 0 Å². The van der Waals surface area contributed by atoms with Gasteiger partial charge in [-0.15, -0.1) is 0 Å². The van der Waals surface area contributed by atoms with Crippen LogP contribution in [-0.4, -0.2) is 35.7 Å². The second kappa shape index (κ2) is 35.3. The Morgan fingerprint density at radius 3 is 0.717 bits per heavy atom. The third-order valence-electron chi connectivity index (χ3n) is 12.0. The summed E-state index contributed by atoms with van der Waals surface area (Å²) in [6.07, 6.45) is 24.1. The van der Waals surface area contributed by atoms with Gasteiger partial charge in [-0.05, 0) is 195 Å². The normalized spacial score (nSPS) is 19.1. The molecule has 320 valence electrons. The molecule has 0 saturated carbocycles. The number of hydrogen-bond acceptors (Lipinski definition) is 3. The zero-order chi connectivity index (χ0) is 40.0. The third-order valence-corrected chi connectivity index (χ3v) is 13.5. The average molecular weight is 975 g/mol. The van der Waals surface area contributed by atoms with Crippen LogP contribution in [0.3, 0.4) is 0 Å². The Morgan fingerprint density at radius 1 is 0.283 bits per heavy atom. The molecule has 3 nitrogen and oxygen atoms in total. The van der Waals surface area contributed by atoms with Gasteiger partial charge in [0, 0.05) is 13.2 Å². The third kappa shape index (κ3) is 35.0. The summed E-state index contributed by atoms with van der Waals surface area (Å²) in [6, 6.07) is 0. The maximum absolute atomic E-state index is 5.76. The molecule has 0 bridgehead atoms. The Kier molecular flexibility index (Phi) is 36.2. The average Bonchev–Trinajstić information content (AvgIpc) is 3.04. The van der Waals surface area contributed by atoms with Gasteiger partial charge < -0.3 is 14.2 Å². The molecule has 0 aliphatic rings. The second-order valence-electron chi connectivity index (χ2n) is 19.8. The monoisotopic (exact) mass is 975 g/mol. The minimum absolute atomic E-state index is 0.345. The Bertz CT molecular complexity index is 720. The van der Waals surface area contributed by atoms with Crippen molar-refractivity contribution >= 4 is 45.2 Å². The van der Waals surface area contributed by atoms with Crippen LogP contribution in [0.4, 0.5) is 0 Å². The highest BCUT2D eigenvalue weighted by Gasteiger charge is 2.19. The van der Waals surface area contributed by atoms with Crippen molar-refractivity contribution in [3.8, 4) is 0 Å². The van der Waals surface area contributed by atoms with Crippen LogP contribution < -0.4 is 0 Å². The standard InChI is InChI=1S/C48H96I2O3/c1-37(17-13-21-49)25-41(5)29-45(9)33-47(11)31-43(7)27-39(3)19-15-23-51-35-53-36-52-24-16-20-40(4)28-44(8)32-48(12)34-46(10)30-42(6)26-38(2)18-14-22-50/h37-48H,13-36H2,1-12H3. The first-order valence-electron chi connectivity index (χ1n) is 23.0. The highest BCUT2D eigenvalue weighted by atomic mass is 127. The fourth-order valence-electron chi connectivity index (χ4n) is 10.3. The lowest BCUT2D eigenvalue weighted by Gasteiger charge is -2.25. The Labute approximate surface area is 362 Å². The van der Waals surface area contributed by atoms with Gasteiger partial charge >= 0.3 is 0 Å². The zero-order valence-electron chi connectivity index (χ0n) is 37.9. The van der Waals surface area contributed by atoms with Crippen LogP contribution in [0, 0.1) is 71.0 Å². The molecule has 0 aliphatic heterocycles. The van der Waals surface area contributed by atoms with Gasteiger partial charge in [0.05, 0.1) is 0 Å². The smallest absolute Gasteiger partial charge is 0.149 e. The topological polar surface area (TPSA) is 27.7 Å². The van der Waals surface area contributed by atoms with Crippen molar-refractivity contribution in [2.75, 3.05) is 35.7 Å². The highest BCUT2D eigenvalue weighted by molar-refractivity contribution is 14.1. The van der Waals surface area contributed by atoms with Crippen molar-refractivity contribution in [1.82, 2.24) is 0 Å². The fraction of sp³-hybridized carbons (Fsp3) is 1.00. The van der Waals surface area contributed by atoms with E-state index in [1.165, 1.54) is 112 Å². The van der Waals surface area contributed by atoms with Crippen molar-refractivity contribution in [2.24, 2.45) is 71.0 Å². The van der Waals surface area contributed by atoms with E-state index in [0.29, 0.717) is 13.6 Å². The van der Waals surface area contributed by atoms with Crippen LogP contribution in [0.5, 0.6) is 0 Å². The van der Waals surface area contributed by atoms with Gasteiger partial charge in [0.2, 0.25) is 0 Å². The number of hydrogen-bond donors (Lipinski definition) is 0. The molecule has 0 heterocycles. The van der Waals surface area contributed by atoms with E-state index in [9.17, 15) is 0 Å². The lowest BCUT2D eigenvalue weighted by molar-refractivity contribution is -0.132. The summed E-state index contributed by atoms with van der Waals surface area (Å²) in [5.41, 5.74) is 0. The number of alkyl halides is 2. The van der Waals surface area contributed by atoms with Crippen molar-refractivity contribution in [1.29, 1.82) is 0 Å². The molecule has 0 saturated heterocycles. The number of halogens is 2. The first kappa shape index (κ1) is 54.3. The van der Waals surface area contributed by atoms with E-state index in [-0.39, 0.29) is 0 Å². The molecule has 12 atom stereocenters. The van der Waals surface area contributed by atoms with Crippen LogP contribution in [0.1, 0.15) is 199 Å². The van der Waals surface area contributed by atoms with Crippen LogP contribution in [0.2, 0.25) is 0 Å². The highest BCUT2D eigenvalue weighted by Crippen LogP contribution is 2.31. The molecular weight excluding hydrogens is 878 g/mol. The zero-order valence-corrected chi connectivity index (χ0v) is 42.2. The SMILES string of the molecule is CC(CCCI)CC(C)CC(C)CC(C)CC(C)CC(C)CCCOCOCOCCCC(C)CC(C)CC(C)CC(C)CC(C)CC(C)CCCI. The van der Waals surface area contributed by atoms with E-state index in [2.05, 4.69) is 128 Å². The van der Waals surface area contributed by atoms with Gasteiger partial charge in [-0.3, -0.25) is 0 Å². The van der Waals surface area contributed by atoms with E-state index in [0.717, 1.165) is 97.1 Å². The molecule has 0 aromatic rings. The molecule has 0 rings (SSSR count). The van der Waals surface area contributed by atoms with Crippen LogP contribution >= 0.6 is 45.2 Å². The van der Waals surface area contributed by atoms with Gasteiger partial charge in [-0.25, -0.2) is 0 Å². The van der Waals surface area contributed by atoms with E-state index < -0.39 is 0 Å². The Balaban J connectivity index is 3.84. The Morgan fingerprint density at radius 2 is 0.491 bits per heavy atom. The van der Waals surface area contributed by atoms with Crippen LogP contribution in [-0.2, 0) is 14.2 Å². The van der Waals surface area contributed by atoms with Crippen LogP contribution in [0.15, 0.2) is 0 Å². The summed E-state index contributed by atoms with van der Waals surface area (Å²) in [6.45, 7) is 31.9. The first-order valence-corrected chi connectivity index (χ1v) is 26.0. The summed E-state index contributed by atoms with van der Waals surface area (Å²) in [4.78, 5) is 0. The molecule has 0 fully saturated rings. The second-order valence-corrected chi connectivity index (χ2v) is 22.0. The molecule has 0 N–H and O–H groups in total. The molecule has 0 spiro atoms. The minimum Gasteiger partial charge on any atom is -0.355 e. The molecule has 0 aliphatic carbocycles. The number of ether oxygens (including phenoxy) is 3.